The summed E-state index contributed by atoms with van der Waals surface area (Å²) < 4.78 is 1.96. The lowest BCUT2D eigenvalue weighted by molar-refractivity contribution is 0.100. The van der Waals surface area contributed by atoms with Crippen LogP contribution in [-0.4, -0.2) is 32.2 Å². The van der Waals surface area contributed by atoms with Crippen LogP contribution in [0.5, 0.6) is 0 Å². The normalized spacial score (nSPS) is 13.5. The molecule has 1 amide bonds. The molecule has 0 saturated carbocycles. The molecule has 0 saturated heterocycles. The zero-order valence-electron chi connectivity index (χ0n) is 17.6. The number of carbonyl (C=O) groups excluding carboxylic acids is 1. The van der Waals surface area contributed by atoms with Crippen molar-refractivity contribution in [2.75, 3.05) is 12.4 Å². The number of nitrogens with two attached hydrogens (primary N) is 1. The second kappa shape index (κ2) is 7.52. The molecule has 31 heavy (non-hydrogen) atoms. The van der Waals surface area contributed by atoms with Gasteiger partial charge in [-0.15, -0.1) is 0 Å². The van der Waals surface area contributed by atoms with E-state index in [0.29, 0.717) is 17.9 Å². The van der Waals surface area contributed by atoms with Crippen molar-refractivity contribution in [3.8, 4) is 11.5 Å². The van der Waals surface area contributed by atoms with Crippen LogP contribution in [0.4, 0.5) is 5.82 Å². The summed E-state index contributed by atoms with van der Waals surface area (Å²) in [5.74, 6) is 1.05. The molecule has 1 aliphatic heterocycles. The van der Waals surface area contributed by atoms with Crippen LogP contribution in [0.3, 0.4) is 0 Å². The van der Waals surface area contributed by atoms with Crippen LogP contribution in [0.2, 0.25) is 0 Å². The minimum atomic E-state index is -0.448. The van der Waals surface area contributed by atoms with Crippen molar-refractivity contribution < 1.29 is 4.79 Å². The first kappa shape index (κ1) is 19.3. The third kappa shape index (κ3) is 3.43. The lowest BCUT2D eigenvalue weighted by Crippen LogP contribution is -2.12. The third-order valence-corrected chi connectivity index (χ3v) is 5.72. The summed E-state index contributed by atoms with van der Waals surface area (Å²) in [5, 5.41) is 3.52. The second-order valence-electron chi connectivity index (χ2n) is 8.05. The number of amides is 1. The fourth-order valence-corrected chi connectivity index (χ4v) is 4.26. The number of rotatable bonds is 5. The largest absolute Gasteiger partial charge is 0.366 e. The third-order valence-electron chi connectivity index (χ3n) is 5.72. The SMILES string of the molecule is Cc1cc2c(C(N)=O)cccn2c1-c1nc2c(c(NCc3ccccc3)n1)CN(C)C2. The van der Waals surface area contributed by atoms with Crippen molar-refractivity contribution in [2.45, 2.75) is 26.6 Å². The van der Waals surface area contributed by atoms with Crippen molar-refractivity contribution in [2.24, 2.45) is 5.73 Å². The van der Waals surface area contributed by atoms with Crippen LogP contribution in [0, 0.1) is 6.92 Å². The molecule has 0 spiro atoms. The van der Waals surface area contributed by atoms with E-state index in [9.17, 15) is 4.79 Å². The summed E-state index contributed by atoms with van der Waals surface area (Å²) in [5.41, 5.74) is 12.1. The van der Waals surface area contributed by atoms with Gasteiger partial charge in [0.2, 0.25) is 0 Å². The number of nitrogens with zero attached hydrogens (tertiary/aromatic N) is 4. The van der Waals surface area contributed by atoms with E-state index in [0.717, 1.165) is 46.9 Å². The summed E-state index contributed by atoms with van der Waals surface area (Å²) in [7, 11) is 2.08. The van der Waals surface area contributed by atoms with Gasteiger partial charge in [-0.25, -0.2) is 9.97 Å². The molecule has 3 N–H and O–H groups in total. The molecule has 7 nitrogen and oxygen atoms in total. The number of benzene rings is 1. The number of primary amides is 1. The lowest BCUT2D eigenvalue weighted by atomic mass is 10.2. The van der Waals surface area contributed by atoms with E-state index >= 15 is 0 Å². The highest BCUT2D eigenvalue weighted by atomic mass is 16.1. The van der Waals surface area contributed by atoms with Gasteiger partial charge in [0.25, 0.3) is 5.91 Å². The molecule has 1 aliphatic rings. The smallest absolute Gasteiger partial charge is 0.250 e. The molecule has 0 atom stereocenters. The second-order valence-corrected chi connectivity index (χ2v) is 8.05. The molecule has 4 heterocycles. The zero-order valence-corrected chi connectivity index (χ0v) is 17.6. The molecule has 156 valence electrons. The summed E-state index contributed by atoms with van der Waals surface area (Å²) in [6.07, 6.45) is 1.92. The van der Waals surface area contributed by atoms with Crippen molar-refractivity contribution in [1.82, 2.24) is 19.3 Å². The fourth-order valence-electron chi connectivity index (χ4n) is 4.26. The van der Waals surface area contributed by atoms with Crippen LogP contribution in [-0.2, 0) is 19.6 Å². The van der Waals surface area contributed by atoms with Gasteiger partial charge in [-0.3, -0.25) is 9.69 Å². The van der Waals surface area contributed by atoms with Gasteiger partial charge < -0.3 is 15.5 Å². The van der Waals surface area contributed by atoms with Gasteiger partial charge in [0.05, 0.1) is 22.5 Å². The number of fused-ring (bicyclic) bond motifs is 2. The maximum Gasteiger partial charge on any atom is 0.250 e. The van der Waals surface area contributed by atoms with E-state index in [2.05, 4.69) is 29.4 Å². The standard InChI is InChI=1S/C24H24N6O/c1-15-11-20-17(22(25)31)9-6-10-30(20)21(15)24-27-19-14-29(2)13-18(19)23(28-24)26-12-16-7-4-3-5-8-16/h3-11H,12-14H2,1-2H3,(H2,25,31)(H,26,27,28). The van der Waals surface area contributed by atoms with Gasteiger partial charge in [0.1, 0.15) is 5.82 Å². The molecule has 0 bridgehead atoms. The van der Waals surface area contributed by atoms with E-state index in [-0.39, 0.29) is 0 Å². The Morgan fingerprint density at radius 1 is 1.13 bits per heavy atom. The Bertz CT molecular complexity index is 1290. The molecule has 3 aromatic heterocycles. The molecular weight excluding hydrogens is 388 g/mol. The number of aromatic nitrogens is 3. The predicted octanol–water partition coefficient (Wildman–Crippen LogP) is 3.36. The maximum absolute atomic E-state index is 11.9. The highest BCUT2D eigenvalue weighted by molar-refractivity contribution is 6.00. The molecule has 0 fully saturated rings. The average Bonchev–Trinajstić information content (AvgIpc) is 3.30. The topological polar surface area (TPSA) is 88.5 Å². The number of hydrogen-bond donors (Lipinski definition) is 2. The number of pyridine rings is 1. The molecule has 0 aliphatic carbocycles. The van der Waals surface area contributed by atoms with Crippen LogP contribution in [0.15, 0.2) is 54.7 Å². The Hall–Kier alpha value is -3.71. The highest BCUT2D eigenvalue weighted by Gasteiger charge is 2.25. The van der Waals surface area contributed by atoms with Gasteiger partial charge in [0, 0.05) is 31.4 Å². The Morgan fingerprint density at radius 2 is 1.94 bits per heavy atom. The predicted molar refractivity (Wildman–Crippen MR) is 121 cm³/mol. The van der Waals surface area contributed by atoms with Crippen molar-refractivity contribution in [3.63, 3.8) is 0 Å². The molecule has 7 heteroatoms. The minimum absolute atomic E-state index is 0.448. The summed E-state index contributed by atoms with van der Waals surface area (Å²) >= 11 is 0. The molecule has 5 rings (SSSR count). The molecule has 1 aromatic carbocycles. The fraction of sp³-hybridized carbons (Fsp3) is 0.208. The van der Waals surface area contributed by atoms with Gasteiger partial charge in [0.15, 0.2) is 5.82 Å². The summed E-state index contributed by atoms with van der Waals surface area (Å²) in [6.45, 7) is 4.28. The lowest BCUT2D eigenvalue weighted by Gasteiger charge is -2.13. The molecule has 0 unspecified atom stereocenters. The van der Waals surface area contributed by atoms with Gasteiger partial charge in [-0.1, -0.05) is 30.3 Å². The summed E-state index contributed by atoms with van der Waals surface area (Å²) in [4.78, 5) is 24.0. The summed E-state index contributed by atoms with van der Waals surface area (Å²) in [6, 6.07) is 15.8. The molecule has 0 radical (unpaired) electrons. The number of nitrogens with one attached hydrogen (secondary N) is 1. The van der Waals surface area contributed by atoms with Gasteiger partial charge >= 0.3 is 0 Å². The first-order valence-corrected chi connectivity index (χ1v) is 10.3. The van der Waals surface area contributed by atoms with Gasteiger partial charge in [-0.2, -0.15) is 0 Å². The average molecular weight is 412 g/mol. The number of hydrogen-bond acceptors (Lipinski definition) is 5. The number of carbonyl (C=O) groups is 1. The first-order chi connectivity index (χ1) is 15.0. The minimum Gasteiger partial charge on any atom is -0.366 e. The quantitative estimate of drug-likeness (QED) is 0.525. The van der Waals surface area contributed by atoms with E-state index in [1.165, 1.54) is 5.56 Å². The Balaban J connectivity index is 1.62. The number of anilines is 1. The van der Waals surface area contributed by atoms with Crippen LogP contribution < -0.4 is 11.1 Å². The van der Waals surface area contributed by atoms with Crippen LogP contribution >= 0.6 is 0 Å². The van der Waals surface area contributed by atoms with E-state index in [1.54, 1.807) is 6.07 Å². The van der Waals surface area contributed by atoms with E-state index in [4.69, 9.17) is 15.7 Å². The Labute approximate surface area is 180 Å². The Morgan fingerprint density at radius 3 is 2.71 bits per heavy atom. The molecule has 4 aromatic rings. The molecular formula is C24H24N6O. The first-order valence-electron chi connectivity index (χ1n) is 10.3. The van der Waals surface area contributed by atoms with Crippen LogP contribution in [0.1, 0.15) is 32.7 Å². The van der Waals surface area contributed by atoms with E-state index in [1.807, 2.05) is 47.9 Å². The zero-order chi connectivity index (χ0) is 21.5. The van der Waals surface area contributed by atoms with Crippen LogP contribution in [0.25, 0.3) is 17.0 Å². The van der Waals surface area contributed by atoms with Crippen molar-refractivity contribution >= 4 is 17.2 Å². The van der Waals surface area contributed by atoms with Crippen molar-refractivity contribution in [1.29, 1.82) is 0 Å². The maximum atomic E-state index is 11.9. The van der Waals surface area contributed by atoms with Crippen molar-refractivity contribution in [3.05, 3.63) is 82.7 Å². The van der Waals surface area contributed by atoms with E-state index < -0.39 is 5.91 Å². The Kier molecular flexibility index (Phi) is 4.67. The highest BCUT2D eigenvalue weighted by Crippen LogP contribution is 2.32. The van der Waals surface area contributed by atoms with Gasteiger partial charge in [-0.05, 0) is 43.3 Å². The number of aryl methyl sites for hydroxylation is 1. The monoisotopic (exact) mass is 412 g/mol.